The Labute approximate surface area is 104 Å². The van der Waals surface area contributed by atoms with Crippen LogP contribution in [0.15, 0.2) is 18.7 Å². The second-order valence-electron chi connectivity index (χ2n) is 3.85. The number of hydrogen-bond donors (Lipinski definition) is 0. The fraction of sp³-hybridized carbons (Fsp3) is 0.667. The molecule has 0 bridgehead atoms. The van der Waals surface area contributed by atoms with Gasteiger partial charge in [-0.25, -0.2) is 9.13 Å². The molecule has 0 radical (unpaired) electrons. The number of imidazole rings is 1. The van der Waals surface area contributed by atoms with Crippen LogP contribution in [0.4, 0.5) is 4.79 Å². The van der Waals surface area contributed by atoms with Gasteiger partial charge in [0.05, 0.1) is 13.1 Å². The van der Waals surface area contributed by atoms with Crippen molar-refractivity contribution in [3.8, 4) is 0 Å². The lowest BCUT2D eigenvalue weighted by Gasteiger charge is -1.96. The lowest BCUT2D eigenvalue weighted by molar-refractivity contribution is -0.696. The molecule has 0 aliphatic heterocycles. The smallest absolute Gasteiger partial charge is 0.652 e. The van der Waals surface area contributed by atoms with Crippen LogP contribution in [0.25, 0.3) is 0 Å². The van der Waals surface area contributed by atoms with Crippen LogP contribution >= 0.6 is 0 Å². The first-order valence-corrected chi connectivity index (χ1v) is 6.03. The zero-order valence-corrected chi connectivity index (χ0v) is 10.6. The molecule has 1 heterocycles. The van der Waals surface area contributed by atoms with E-state index in [1.165, 1.54) is 25.7 Å². The van der Waals surface area contributed by atoms with Crippen molar-refractivity contribution in [3.05, 3.63) is 18.7 Å². The Morgan fingerprint density at radius 1 is 1.29 bits per heavy atom. The minimum atomic E-state index is -2.33. The van der Waals surface area contributed by atoms with Crippen molar-refractivity contribution in [1.82, 2.24) is 4.57 Å². The van der Waals surface area contributed by atoms with Gasteiger partial charge in [-0.05, 0) is 19.0 Å². The number of aromatic nitrogens is 2. The Hall–Kier alpha value is -1.52. The van der Waals surface area contributed by atoms with E-state index in [4.69, 9.17) is 15.0 Å². The van der Waals surface area contributed by atoms with Crippen LogP contribution in [0, 0.1) is 0 Å². The first-order valence-electron chi connectivity index (χ1n) is 6.03. The summed E-state index contributed by atoms with van der Waals surface area (Å²) >= 11 is 0. The van der Waals surface area contributed by atoms with Crippen LogP contribution in [-0.4, -0.2) is 10.7 Å². The molecule has 5 heteroatoms. The van der Waals surface area contributed by atoms with E-state index in [1.54, 1.807) is 0 Å². The molecule has 0 aliphatic carbocycles. The van der Waals surface area contributed by atoms with Gasteiger partial charge in [0.2, 0.25) is 6.33 Å². The molecule has 0 aliphatic rings. The maximum Gasteiger partial charge on any atom is 1.00 e. The zero-order valence-electron chi connectivity index (χ0n) is 11.6. The molecule has 0 N–H and O–H groups in total. The lowest BCUT2D eigenvalue weighted by Crippen LogP contribution is -2.37. The van der Waals surface area contributed by atoms with Gasteiger partial charge in [-0.3, -0.25) is 0 Å². The van der Waals surface area contributed by atoms with E-state index in [9.17, 15) is 0 Å². The summed E-state index contributed by atoms with van der Waals surface area (Å²) in [4.78, 5) is 8.33. The average Bonchev–Trinajstić information content (AvgIpc) is 2.70. The molecule has 0 unspecified atom stereocenters. The highest BCUT2D eigenvalue weighted by molar-refractivity contribution is 5.47. The largest absolute Gasteiger partial charge is 1.00 e. The van der Waals surface area contributed by atoms with Gasteiger partial charge in [0.25, 0.3) is 0 Å². The first-order chi connectivity index (χ1) is 8.10. The van der Waals surface area contributed by atoms with Crippen LogP contribution in [0.3, 0.4) is 0 Å². The highest BCUT2D eigenvalue weighted by Gasteiger charge is 2.01. The van der Waals surface area contributed by atoms with E-state index < -0.39 is 6.16 Å². The van der Waals surface area contributed by atoms with E-state index in [1.807, 2.05) is 0 Å². The van der Waals surface area contributed by atoms with Gasteiger partial charge < -0.3 is 15.0 Å². The Bertz CT molecular complexity index is 290. The van der Waals surface area contributed by atoms with Crippen LogP contribution in [-0.2, 0) is 13.1 Å². The number of hydrogen-bond acceptors (Lipinski definition) is 3. The molecular weight excluding hydrogens is 220 g/mol. The number of unbranched alkanes of at least 4 members (excludes halogenated alkanes) is 2. The maximum absolute atomic E-state index is 8.33. The fourth-order valence-corrected chi connectivity index (χ4v) is 1.38. The maximum atomic E-state index is 8.33. The van der Waals surface area contributed by atoms with Crippen molar-refractivity contribution < 1.29 is 21.0 Å². The number of carbonyl (C=O) groups is 1. The summed E-state index contributed by atoms with van der Waals surface area (Å²) < 4.78 is 4.55. The van der Waals surface area contributed by atoms with Crippen LogP contribution in [0.1, 0.15) is 41.0 Å². The number of aryl methyl sites for hydroxylation is 2. The van der Waals surface area contributed by atoms with Crippen molar-refractivity contribution in [2.24, 2.45) is 0 Å². The molecule has 17 heavy (non-hydrogen) atoms. The van der Waals surface area contributed by atoms with Crippen molar-refractivity contribution in [2.45, 2.75) is 52.6 Å². The zero-order chi connectivity index (χ0) is 13.1. The summed E-state index contributed by atoms with van der Waals surface area (Å²) in [6.45, 7) is 6.79. The van der Waals surface area contributed by atoms with Crippen molar-refractivity contribution in [2.75, 3.05) is 0 Å². The minimum absolute atomic E-state index is 0. The molecule has 0 saturated carbocycles. The van der Waals surface area contributed by atoms with E-state index >= 15 is 0 Å². The summed E-state index contributed by atoms with van der Waals surface area (Å²) in [6.07, 6.45) is 9.33. The Balaban J connectivity index is 0. The average molecular weight is 242 g/mol. The standard InChI is InChI=1S/C11H21N2.CH2O3/c1-3-5-7-12-9-10-13(11-12)8-6-4-2;2-1(3)4/h9-11H,3-8H2,1-2H3;(H2,2,3,4)/q+1;/p-1. The van der Waals surface area contributed by atoms with Gasteiger partial charge in [-0.2, -0.15) is 0 Å². The monoisotopic (exact) mass is 242 g/mol. The molecule has 5 nitrogen and oxygen atoms in total. The molecule has 0 aromatic carbocycles. The second-order valence-corrected chi connectivity index (χ2v) is 3.85. The van der Waals surface area contributed by atoms with Crippen molar-refractivity contribution in [3.63, 3.8) is 0 Å². The molecule has 1 rings (SSSR count). The molecule has 1 aromatic rings. The van der Waals surface area contributed by atoms with Gasteiger partial charge in [0.15, 0.2) is 0 Å². The quantitative estimate of drug-likeness (QED) is 0.661. The highest BCUT2D eigenvalue weighted by Crippen LogP contribution is 1.93. The summed E-state index contributed by atoms with van der Waals surface area (Å²) in [7, 11) is 0. The molecule has 0 spiro atoms. The van der Waals surface area contributed by atoms with Crippen LogP contribution < -0.4 is 14.8 Å². The molecular formula is C12H22N2O3. The predicted octanol–water partition coefficient (Wildman–Crippen LogP) is 0.0413. The first kappa shape index (κ1) is 15.5. The number of carboxylic acid groups (broad SMARTS) is 2. The number of nitrogens with zero attached hydrogens (tertiary/aromatic N) is 2. The van der Waals surface area contributed by atoms with Gasteiger partial charge in [0.1, 0.15) is 12.4 Å². The predicted molar refractivity (Wildman–Crippen MR) is 61.0 cm³/mol. The highest BCUT2D eigenvalue weighted by atomic mass is 16.6. The molecule has 0 fully saturated rings. The fourth-order valence-electron chi connectivity index (χ4n) is 1.38. The van der Waals surface area contributed by atoms with Crippen LogP contribution in [0.2, 0.25) is 0 Å². The third-order valence-electron chi connectivity index (χ3n) is 2.29. The van der Waals surface area contributed by atoms with Crippen molar-refractivity contribution in [1.29, 1.82) is 0 Å². The van der Waals surface area contributed by atoms with E-state index in [0.717, 1.165) is 13.1 Å². The Morgan fingerprint density at radius 2 is 1.88 bits per heavy atom. The molecule has 0 saturated heterocycles. The number of rotatable bonds is 6. The lowest BCUT2D eigenvalue weighted by atomic mass is 10.3. The molecule has 98 valence electrons. The normalized spacial score (nSPS) is 9.53. The van der Waals surface area contributed by atoms with Crippen molar-refractivity contribution >= 4 is 6.16 Å². The summed E-state index contributed by atoms with van der Waals surface area (Å²) in [5.74, 6) is 0. The minimum Gasteiger partial charge on any atom is -0.652 e. The van der Waals surface area contributed by atoms with Gasteiger partial charge in [-0.15, -0.1) is 0 Å². The van der Waals surface area contributed by atoms with Gasteiger partial charge in [0, 0.05) is 0 Å². The molecule has 0 amide bonds. The second kappa shape index (κ2) is 9.69. The topological polar surface area (TPSA) is 72.0 Å². The summed E-state index contributed by atoms with van der Waals surface area (Å²) in [5.41, 5.74) is 0. The third-order valence-corrected chi connectivity index (χ3v) is 2.29. The number of carbonyl (C=O) groups excluding carboxylic acids is 1. The third kappa shape index (κ3) is 9.41. The van der Waals surface area contributed by atoms with Crippen LogP contribution in [0.5, 0.6) is 0 Å². The summed E-state index contributed by atoms with van der Waals surface area (Å²) in [6, 6.07) is 0. The Kier molecular flexibility index (Phi) is 8.82. The Morgan fingerprint density at radius 3 is 2.41 bits per heavy atom. The van der Waals surface area contributed by atoms with E-state index in [0.29, 0.717) is 0 Å². The molecule has 1 aromatic heterocycles. The van der Waals surface area contributed by atoms with Gasteiger partial charge in [-0.1, -0.05) is 26.7 Å². The van der Waals surface area contributed by atoms with E-state index in [-0.39, 0.29) is 1.43 Å². The molecule has 0 atom stereocenters. The van der Waals surface area contributed by atoms with E-state index in [2.05, 4.69) is 41.7 Å². The SMILES string of the molecule is CCCCn1cc[n+](CCCC)c1.O=C([O-])[O-].[H+]. The van der Waals surface area contributed by atoms with Gasteiger partial charge >= 0.3 is 1.43 Å². The summed E-state index contributed by atoms with van der Waals surface area (Å²) in [5, 5.41) is 16.7.